The smallest absolute Gasteiger partial charge is 0.316 e. The van der Waals surface area contributed by atoms with Crippen LogP contribution in [0.4, 0.5) is 0 Å². The van der Waals surface area contributed by atoms with Gasteiger partial charge in [0, 0.05) is 49.0 Å². The van der Waals surface area contributed by atoms with Gasteiger partial charge in [-0.3, -0.25) is 9.59 Å². The molecule has 2 fully saturated rings. The van der Waals surface area contributed by atoms with Crippen LogP contribution in [0.2, 0.25) is 0 Å². The summed E-state index contributed by atoms with van der Waals surface area (Å²) in [6.07, 6.45) is 4.43. The summed E-state index contributed by atoms with van der Waals surface area (Å²) in [6.45, 7) is 12.7. The van der Waals surface area contributed by atoms with Gasteiger partial charge in [-0.05, 0) is 27.7 Å². The average Bonchev–Trinajstić information content (AvgIpc) is 2.71. The fourth-order valence-electron chi connectivity index (χ4n) is 4.49. The second-order valence-corrected chi connectivity index (χ2v) is 11.8. The number of hydrogen-bond acceptors (Lipinski definition) is 6. The summed E-state index contributed by atoms with van der Waals surface area (Å²) in [5.74, 6) is 3.05. The molecule has 0 aromatic rings. The average molecular weight is 463 g/mol. The number of thioether (sulfide) groups is 2. The van der Waals surface area contributed by atoms with E-state index in [-0.39, 0.29) is 23.1 Å². The molecule has 0 aliphatic carbocycles. The van der Waals surface area contributed by atoms with Gasteiger partial charge < -0.3 is 20.1 Å². The molecule has 2 saturated heterocycles. The Labute approximate surface area is 190 Å². The van der Waals surface area contributed by atoms with Gasteiger partial charge in [0.15, 0.2) is 0 Å². The second-order valence-electron chi connectivity index (χ2n) is 9.54. The van der Waals surface area contributed by atoms with Gasteiger partial charge in [-0.15, -0.1) is 23.5 Å². The number of quaternary nitrogens is 2. The third-order valence-electron chi connectivity index (χ3n) is 6.41. The van der Waals surface area contributed by atoms with Crippen molar-refractivity contribution in [2.75, 3.05) is 49.2 Å². The lowest BCUT2D eigenvalue weighted by Gasteiger charge is -2.35. The zero-order valence-electron chi connectivity index (χ0n) is 19.2. The van der Waals surface area contributed by atoms with Crippen molar-refractivity contribution in [3.8, 4) is 0 Å². The van der Waals surface area contributed by atoms with Gasteiger partial charge in [-0.2, -0.15) is 0 Å². The van der Waals surface area contributed by atoms with Crippen LogP contribution in [0.3, 0.4) is 0 Å². The highest BCUT2D eigenvalue weighted by Gasteiger charge is 2.36. The third kappa shape index (κ3) is 8.97. The first kappa shape index (κ1) is 25.8. The summed E-state index contributed by atoms with van der Waals surface area (Å²) in [4.78, 5) is 24.4. The van der Waals surface area contributed by atoms with E-state index in [4.69, 9.17) is 9.47 Å². The highest BCUT2D eigenvalue weighted by Crippen LogP contribution is 2.29. The number of esters is 2. The van der Waals surface area contributed by atoms with Crippen molar-refractivity contribution in [3.63, 3.8) is 0 Å². The molecule has 174 valence electrons. The van der Waals surface area contributed by atoms with Gasteiger partial charge >= 0.3 is 11.9 Å². The van der Waals surface area contributed by atoms with Crippen LogP contribution < -0.4 is 10.6 Å². The summed E-state index contributed by atoms with van der Waals surface area (Å²) < 4.78 is 11.6. The van der Waals surface area contributed by atoms with E-state index in [1.165, 1.54) is 0 Å². The maximum absolute atomic E-state index is 12.2. The number of piperidine rings is 2. The molecule has 0 aromatic heterocycles. The lowest BCUT2D eigenvalue weighted by Crippen LogP contribution is -2.86. The molecule has 0 aromatic carbocycles. The zero-order valence-corrected chi connectivity index (χ0v) is 20.9. The molecule has 4 N–H and O–H groups in total. The third-order valence-corrected chi connectivity index (χ3v) is 8.53. The Balaban J connectivity index is 1.54. The molecule has 0 atom stereocenters. The van der Waals surface area contributed by atoms with E-state index in [0.29, 0.717) is 23.3 Å². The molecule has 2 rings (SSSR count). The quantitative estimate of drug-likeness (QED) is 0.353. The highest BCUT2D eigenvalue weighted by atomic mass is 32.2. The van der Waals surface area contributed by atoms with Gasteiger partial charge in [-0.25, -0.2) is 0 Å². The van der Waals surface area contributed by atoms with Gasteiger partial charge in [-0.1, -0.05) is 0 Å². The van der Waals surface area contributed by atoms with Crippen LogP contribution in [0.5, 0.6) is 0 Å². The standard InChI is InChI=1S/C22H40N2O4S2/c1-21(2,17-5-9-23-10-6-17)27-19(25)15-29-13-14-30-16-20(26)28-22(3,4)18-7-11-24-12-8-18/h17-18,23-24H,5-16H2,1-4H3/p+2. The first-order valence-electron chi connectivity index (χ1n) is 11.4. The van der Waals surface area contributed by atoms with Crippen molar-refractivity contribution < 1.29 is 29.7 Å². The minimum Gasteiger partial charge on any atom is -0.459 e. The van der Waals surface area contributed by atoms with Gasteiger partial charge in [0.1, 0.15) is 11.2 Å². The molecular formula is C22H42N2O4S2+2. The van der Waals surface area contributed by atoms with Crippen molar-refractivity contribution in [1.29, 1.82) is 0 Å². The van der Waals surface area contributed by atoms with Crippen LogP contribution in [0.15, 0.2) is 0 Å². The topological polar surface area (TPSA) is 85.8 Å². The molecular weight excluding hydrogens is 420 g/mol. The van der Waals surface area contributed by atoms with Gasteiger partial charge in [0.25, 0.3) is 0 Å². The predicted molar refractivity (Wildman–Crippen MR) is 124 cm³/mol. The minimum absolute atomic E-state index is 0.129. The van der Waals surface area contributed by atoms with E-state index in [2.05, 4.69) is 10.6 Å². The number of hydrogen-bond donors (Lipinski definition) is 2. The van der Waals surface area contributed by atoms with E-state index in [1.54, 1.807) is 23.5 Å². The molecule has 0 saturated carbocycles. The minimum atomic E-state index is -0.381. The summed E-state index contributed by atoms with van der Waals surface area (Å²) >= 11 is 3.16. The molecule has 2 aliphatic heterocycles. The first-order chi connectivity index (χ1) is 14.2. The molecule has 6 nitrogen and oxygen atoms in total. The fraction of sp³-hybridized carbons (Fsp3) is 0.909. The first-order valence-corrected chi connectivity index (χ1v) is 13.7. The highest BCUT2D eigenvalue weighted by molar-refractivity contribution is 8.03. The lowest BCUT2D eigenvalue weighted by molar-refractivity contribution is -0.666. The fourth-order valence-corrected chi connectivity index (χ4v) is 6.17. The largest absolute Gasteiger partial charge is 0.459 e. The zero-order chi connectivity index (χ0) is 22.0. The van der Waals surface area contributed by atoms with Crippen LogP contribution in [-0.2, 0) is 19.1 Å². The molecule has 0 amide bonds. The lowest BCUT2D eigenvalue weighted by atomic mass is 9.83. The van der Waals surface area contributed by atoms with E-state index in [0.717, 1.165) is 63.4 Å². The summed E-state index contributed by atoms with van der Waals surface area (Å²) in [5, 5.41) is 4.65. The molecule has 8 heteroatoms. The Morgan fingerprint density at radius 1 is 0.733 bits per heavy atom. The van der Waals surface area contributed by atoms with Gasteiger partial charge in [0.05, 0.1) is 37.7 Å². The molecule has 30 heavy (non-hydrogen) atoms. The van der Waals surface area contributed by atoms with Crippen LogP contribution >= 0.6 is 23.5 Å². The number of nitrogens with two attached hydrogens (primary N) is 2. The molecule has 2 aliphatic rings. The summed E-state index contributed by atoms with van der Waals surface area (Å²) in [7, 11) is 0. The van der Waals surface area contributed by atoms with Crippen molar-refractivity contribution >= 4 is 35.5 Å². The maximum Gasteiger partial charge on any atom is 0.316 e. The van der Waals surface area contributed by atoms with Crippen LogP contribution in [0.1, 0.15) is 53.4 Å². The Hall–Kier alpha value is -0.440. The summed E-state index contributed by atoms with van der Waals surface area (Å²) in [5.41, 5.74) is -0.763. The number of carbonyl (C=O) groups excluding carboxylic acids is 2. The van der Waals surface area contributed by atoms with Crippen LogP contribution in [0.25, 0.3) is 0 Å². The van der Waals surface area contributed by atoms with Crippen molar-refractivity contribution in [2.45, 2.75) is 64.6 Å². The van der Waals surface area contributed by atoms with E-state index in [9.17, 15) is 9.59 Å². The van der Waals surface area contributed by atoms with E-state index >= 15 is 0 Å². The molecule has 0 unspecified atom stereocenters. The monoisotopic (exact) mass is 462 g/mol. The number of rotatable bonds is 11. The normalized spacial score (nSPS) is 19.5. The van der Waals surface area contributed by atoms with Crippen LogP contribution in [-0.4, -0.2) is 72.3 Å². The Morgan fingerprint density at radius 2 is 1.07 bits per heavy atom. The van der Waals surface area contributed by atoms with E-state index in [1.807, 2.05) is 27.7 Å². The molecule has 2 heterocycles. The van der Waals surface area contributed by atoms with Gasteiger partial charge in [0.2, 0.25) is 0 Å². The summed E-state index contributed by atoms with van der Waals surface area (Å²) in [6, 6.07) is 0. The SMILES string of the molecule is CC(C)(OC(=O)CSCCSCC(=O)OC(C)(C)C1CC[NH2+]CC1)C1CC[NH2+]CC1. The number of carbonyl (C=O) groups is 2. The molecule has 0 radical (unpaired) electrons. The Kier molecular flexibility index (Phi) is 10.8. The molecule has 0 spiro atoms. The Bertz CT molecular complexity index is 497. The number of ether oxygens (including phenoxy) is 2. The molecule has 0 bridgehead atoms. The predicted octanol–water partition coefficient (Wildman–Crippen LogP) is 1.04. The van der Waals surface area contributed by atoms with Crippen molar-refractivity contribution in [1.82, 2.24) is 0 Å². The Morgan fingerprint density at radius 3 is 1.40 bits per heavy atom. The van der Waals surface area contributed by atoms with Crippen LogP contribution in [0, 0.1) is 11.8 Å². The maximum atomic E-state index is 12.2. The van der Waals surface area contributed by atoms with Crippen molar-refractivity contribution in [2.24, 2.45) is 11.8 Å². The second kappa shape index (κ2) is 12.6. The van der Waals surface area contributed by atoms with E-state index < -0.39 is 0 Å². The van der Waals surface area contributed by atoms with Crippen molar-refractivity contribution in [3.05, 3.63) is 0 Å².